The number of hydrazine groups is 1. The van der Waals surface area contributed by atoms with E-state index < -0.39 is 23.9 Å². The fourth-order valence-corrected chi connectivity index (χ4v) is 2.26. The van der Waals surface area contributed by atoms with E-state index in [1.54, 1.807) is 48.5 Å². The zero-order valence-electron chi connectivity index (χ0n) is 14.8. The van der Waals surface area contributed by atoms with Crippen LogP contribution >= 0.6 is 0 Å². The lowest BCUT2D eigenvalue weighted by molar-refractivity contribution is -0.130. The van der Waals surface area contributed by atoms with Crippen LogP contribution in [0, 0.1) is 11.3 Å². The molecule has 2 aromatic rings. The Morgan fingerprint density at radius 1 is 1.04 bits per heavy atom. The first kappa shape index (κ1) is 20.3. The highest BCUT2D eigenvalue weighted by Gasteiger charge is 2.20. The van der Waals surface area contributed by atoms with Crippen molar-refractivity contribution in [3.63, 3.8) is 0 Å². The van der Waals surface area contributed by atoms with E-state index in [2.05, 4.69) is 16.2 Å². The Morgan fingerprint density at radius 3 is 2.32 bits per heavy atom. The van der Waals surface area contributed by atoms with Gasteiger partial charge in [0.1, 0.15) is 11.8 Å². The Balaban J connectivity index is 1.83. The lowest BCUT2D eigenvalue weighted by Gasteiger charge is -2.17. The molecule has 9 heteroatoms. The lowest BCUT2D eigenvalue weighted by atomic mass is 10.1. The number of amides is 4. The molecule has 4 amide bonds. The molecular formula is C19H19N5O4. The smallest absolute Gasteiger partial charge is 0.312 e. The van der Waals surface area contributed by atoms with Gasteiger partial charge in [-0.3, -0.25) is 20.4 Å². The van der Waals surface area contributed by atoms with Crippen LogP contribution in [0.2, 0.25) is 0 Å². The number of nitrogens with one attached hydrogen (secondary N) is 3. The molecular weight excluding hydrogens is 362 g/mol. The monoisotopic (exact) mass is 381 g/mol. The molecule has 0 fully saturated rings. The summed E-state index contributed by atoms with van der Waals surface area (Å²) < 4.78 is 5.26. The second-order valence-electron chi connectivity index (χ2n) is 5.71. The molecule has 1 atom stereocenters. The van der Waals surface area contributed by atoms with E-state index in [0.29, 0.717) is 11.3 Å². The summed E-state index contributed by atoms with van der Waals surface area (Å²) in [5.74, 6) is -0.831. The molecule has 144 valence electrons. The largest absolute Gasteiger partial charge is 0.484 e. The Hall–Kier alpha value is -4.06. The van der Waals surface area contributed by atoms with Crippen molar-refractivity contribution in [2.45, 2.75) is 12.5 Å². The standard InChI is InChI=1S/C19H19N5O4/c20-11-14-6-8-15(9-7-14)28-12-17(25)23-24-18(26)16(22-19(21)27)10-13-4-2-1-3-5-13/h1-9,16H,10,12H2,(H,23,25)(H,24,26)(H3,21,22,27). The number of nitrogens with two attached hydrogens (primary N) is 1. The highest BCUT2D eigenvalue weighted by Crippen LogP contribution is 2.11. The molecule has 2 rings (SSSR count). The second kappa shape index (κ2) is 10.2. The SMILES string of the molecule is N#Cc1ccc(OCC(=O)NNC(=O)C(Cc2ccccc2)NC(N)=O)cc1. The van der Waals surface area contributed by atoms with Gasteiger partial charge in [0, 0.05) is 6.42 Å². The van der Waals surface area contributed by atoms with Gasteiger partial charge in [-0.2, -0.15) is 5.26 Å². The van der Waals surface area contributed by atoms with Crippen molar-refractivity contribution in [3.8, 4) is 11.8 Å². The average Bonchev–Trinajstić information content (AvgIpc) is 2.70. The Kier molecular flexibility index (Phi) is 7.36. The summed E-state index contributed by atoms with van der Waals surface area (Å²) in [6.45, 7) is -0.348. The molecule has 0 heterocycles. The Labute approximate surface area is 161 Å². The van der Waals surface area contributed by atoms with Gasteiger partial charge in [-0.1, -0.05) is 30.3 Å². The van der Waals surface area contributed by atoms with Gasteiger partial charge in [-0.15, -0.1) is 0 Å². The van der Waals surface area contributed by atoms with Crippen molar-refractivity contribution in [3.05, 3.63) is 65.7 Å². The molecule has 0 aliphatic rings. The molecule has 9 nitrogen and oxygen atoms in total. The minimum atomic E-state index is -0.959. The summed E-state index contributed by atoms with van der Waals surface area (Å²) in [4.78, 5) is 35.2. The topological polar surface area (TPSA) is 146 Å². The number of benzene rings is 2. The minimum Gasteiger partial charge on any atom is -0.484 e. The number of ether oxygens (including phenoxy) is 1. The van der Waals surface area contributed by atoms with Crippen LogP contribution < -0.4 is 26.6 Å². The second-order valence-corrected chi connectivity index (χ2v) is 5.71. The molecule has 0 aliphatic heterocycles. The van der Waals surface area contributed by atoms with E-state index >= 15 is 0 Å². The van der Waals surface area contributed by atoms with E-state index in [4.69, 9.17) is 15.7 Å². The molecule has 5 N–H and O–H groups in total. The molecule has 0 aromatic heterocycles. The molecule has 0 spiro atoms. The van der Waals surface area contributed by atoms with Gasteiger partial charge in [-0.05, 0) is 29.8 Å². The van der Waals surface area contributed by atoms with Crippen molar-refractivity contribution in [2.75, 3.05) is 6.61 Å². The summed E-state index contributed by atoms with van der Waals surface area (Å²) in [5, 5.41) is 11.1. The maximum atomic E-state index is 12.3. The zero-order chi connectivity index (χ0) is 20.4. The predicted octanol–water partition coefficient (Wildman–Crippen LogP) is 0.364. The lowest BCUT2D eigenvalue weighted by Crippen LogP contribution is -2.54. The molecule has 1 unspecified atom stereocenters. The van der Waals surface area contributed by atoms with Gasteiger partial charge in [0.15, 0.2) is 6.61 Å². The number of hydrogen-bond acceptors (Lipinski definition) is 5. The van der Waals surface area contributed by atoms with Crippen LogP contribution in [0.4, 0.5) is 4.79 Å². The normalized spacial score (nSPS) is 10.8. The summed E-state index contributed by atoms with van der Waals surface area (Å²) in [5.41, 5.74) is 10.8. The first-order chi connectivity index (χ1) is 13.5. The quantitative estimate of drug-likeness (QED) is 0.512. The summed E-state index contributed by atoms with van der Waals surface area (Å²) in [6, 6.07) is 15.4. The third kappa shape index (κ3) is 6.68. The molecule has 2 aromatic carbocycles. The summed E-state index contributed by atoms with van der Waals surface area (Å²) >= 11 is 0. The molecule has 0 saturated heterocycles. The summed E-state index contributed by atoms with van der Waals surface area (Å²) in [7, 11) is 0. The number of hydrogen-bond donors (Lipinski definition) is 4. The number of carbonyl (C=O) groups excluding carboxylic acids is 3. The number of urea groups is 1. The van der Waals surface area contributed by atoms with E-state index in [1.807, 2.05) is 12.1 Å². The zero-order valence-corrected chi connectivity index (χ0v) is 14.8. The van der Waals surface area contributed by atoms with Crippen LogP contribution in [0.1, 0.15) is 11.1 Å². The summed E-state index contributed by atoms with van der Waals surface area (Å²) in [6.07, 6.45) is 0.202. The van der Waals surface area contributed by atoms with Gasteiger partial charge >= 0.3 is 6.03 Å². The Bertz CT molecular complexity index is 862. The maximum absolute atomic E-state index is 12.3. The van der Waals surface area contributed by atoms with Crippen molar-refractivity contribution in [1.29, 1.82) is 5.26 Å². The predicted molar refractivity (Wildman–Crippen MR) is 99.6 cm³/mol. The van der Waals surface area contributed by atoms with Crippen LogP contribution in [-0.4, -0.2) is 30.5 Å². The van der Waals surface area contributed by atoms with Crippen LogP contribution in [0.25, 0.3) is 0 Å². The fraction of sp³-hybridized carbons (Fsp3) is 0.158. The van der Waals surface area contributed by atoms with Crippen molar-refractivity contribution in [2.24, 2.45) is 5.73 Å². The number of carbonyl (C=O) groups is 3. The molecule has 0 radical (unpaired) electrons. The molecule has 28 heavy (non-hydrogen) atoms. The molecule has 0 saturated carbocycles. The Morgan fingerprint density at radius 2 is 1.71 bits per heavy atom. The highest BCUT2D eigenvalue weighted by molar-refractivity contribution is 5.88. The first-order valence-corrected chi connectivity index (χ1v) is 8.29. The number of nitriles is 1. The van der Waals surface area contributed by atoms with E-state index in [1.165, 1.54) is 0 Å². The number of primary amides is 1. The maximum Gasteiger partial charge on any atom is 0.312 e. The van der Waals surface area contributed by atoms with Gasteiger partial charge in [0.05, 0.1) is 11.6 Å². The first-order valence-electron chi connectivity index (χ1n) is 8.29. The van der Waals surface area contributed by atoms with E-state index in [9.17, 15) is 14.4 Å². The van der Waals surface area contributed by atoms with Crippen LogP contribution in [0.5, 0.6) is 5.75 Å². The van der Waals surface area contributed by atoms with Crippen LogP contribution in [0.15, 0.2) is 54.6 Å². The van der Waals surface area contributed by atoms with Crippen molar-refractivity contribution < 1.29 is 19.1 Å². The van der Waals surface area contributed by atoms with E-state index in [-0.39, 0.29) is 13.0 Å². The van der Waals surface area contributed by atoms with Gasteiger partial charge in [0.2, 0.25) is 0 Å². The minimum absolute atomic E-state index is 0.202. The third-order valence-electron chi connectivity index (χ3n) is 3.59. The van der Waals surface area contributed by atoms with Gasteiger partial charge in [0.25, 0.3) is 11.8 Å². The average molecular weight is 381 g/mol. The van der Waals surface area contributed by atoms with Gasteiger partial charge in [-0.25, -0.2) is 4.79 Å². The molecule has 0 aliphatic carbocycles. The fourth-order valence-electron chi connectivity index (χ4n) is 2.26. The number of nitrogens with zero attached hydrogens (tertiary/aromatic N) is 1. The van der Waals surface area contributed by atoms with Gasteiger partial charge < -0.3 is 15.8 Å². The van der Waals surface area contributed by atoms with Crippen molar-refractivity contribution in [1.82, 2.24) is 16.2 Å². The highest BCUT2D eigenvalue weighted by atomic mass is 16.5. The van der Waals surface area contributed by atoms with E-state index in [0.717, 1.165) is 5.56 Å². The molecule has 0 bridgehead atoms. The third-order valence-corrected chi connectivity index (χ3v) is 3.59. The van der Waals surface area contributed by atoms with Crippen molar-refractivity contribution >= 4 is 17.8 Å². The van der Waals surface area contributed by atoms with Crippen LogP contribution in [-0.2, 0) is 16.0 Å². The number of rotatable bonds is 7. The van der Waals surface area contributed by atoms with Crippen LogP contribution in [0.3, 0.4) is 0 Å².